The van der Waals surface area contributed by atoms with E-state index in [0.29, 0.717) is 32.2 Å². The van der Waals surface area contributed by atoms with E-state index in [9.17, 15) is 8.42 Å². The van der Waals surface area contributed by atoms with Gasteiger partial charge in [-0.15, -0.1) is 0 Å². The van der Waals surface area contributed by atoms with Crippen LogP contribution in [0.4, 0.5) is 0 Å². The average Bonchev–Trinajstić information content (AvgIpc) is 2.79. The fourth-order valence-corrected chi connectivity index (χ4v) is 4.18. The van der Waals surface area contributed by atoms with Crippen molar-refractivity contribution in [3.8, 4) is 0 Å². The summed E-state index contributed by atoms with van der Waals surface area (Å²) in [5.41, 5.74) is 0. The zero-order valence-corrected chi connectivity index (χ0v) is 10.7. The van der Waals surface area contributed by atoms with E-state index in [0.717, 1.165) is 25.7 Å². The summed E-state index contributed by atoms with van der Waals surface area (Å²) in [5, 5.41) is 3.14. The smallest absolute Gasteiger partial charge is 0.282 e. The SMILES string of the molecule is CNC1CCN(S(=O)(=O)N2CCCCC2)C1. The molecule has 16 heavy (non-hydrogen) atoms. The molecule has 2 rings (SSSR count). The Hall–Kier alpha value is -0.170. The van der Waals surface area contributed by atoms with Gasteiger partial charge in [-0.25, -0.2) is 0 Å². The van der Waals surface area contributed by atoms with Crippen molar-refractivity contribution < 1.29 is 8.42 Å². The summed E-state index contributed by atoms with van der Waals surface area (Å²) in [6, 6.07) is 0.319. The Balaban J connectivity index is 2.01. The van der Waals surface area contributed by atoms with Crippen LogP contribution in [0.5, 0.6) is 0 Å². The lowest BCUT2D eigenvalue weighted by atomic mass is 10.2. The van der Waals surface area contributed by atoms with Gasteiger partial charge in [-0.1, -0.05) is 6.42 Å². The Bertz CT molecular complexity index is 325. The first-order valence-corrected chi connectivity index (χ1v) is 7.47. The van der Waals surface area contributed by atoms with Crippen molar-refractivity contribution in [3.63, 3.8) is 0 Å². The molecule has 0 bridgehead atoms. The first-order chi connectivity index (χ1) is 7.64. The molecule has 94 valence electrons. The summed E-state index contributed by atoms with van der Waals surface area (Å²) < 4.78 is 27.8. The van der Waals surface area contributed by atoms with Gasteiger partial charge in [-0.3, -0.25) is 0 Å². The highest BCUT2D eigenvalue weighted by atomic mass is 32.2. The van der Waals surface area contributed by atoms with Crippen LogP contribution >= 0.6 is 0 Å². The van der Waals surface area contributed by atoms with Crippen molar-refractivity contribution in [2.45, 2.75) is 31.7 Å². The first-order valence-electron chi connectivity index (χ1n) is 6.07. The lowest BCUT2D eigenvalue weighted by Gasteiger charge is -2.30. The Morgan fingerprint density at radius 3 is 2.31 bits per heavy atom. The van der Waals surface area contributed by atoms with Crippen molar-refractivity contribution in [3.05, 3.63) is 0 Å². The molecule has 1 atom stereocenters. The normalized spacial score (nSPS) is 29.7. The Labute approximate surface area is 98.0 Å². The zero-order chi connectivity index (χ0) is 11.6. The molecular weight excluding hydrogens is 226 g/mol. The van der Waals surface area contributed by atoms with Gasteiger partial charge in [-0.05, 0) is 26.3 Å². The molecule has 0 aromatic rings. The summed E-state index contributed by atoms with van der Waals surface area (Å²) in [4.78, 5) is 0. The van der Waals surface area contributed by atoms with E-state index in [2.05, 4.69) is 5.32 Å². The van der Waals surface area contributed by atoms with Crippen molar-refractivity contribution in [2.75, 3.05) is 33.2 Å². The van der Waals surface area contributed by atoms with Crippen LogP contribution in [0.2, 0.25) is 0 Å². The van der Waals surface area contributed by atoms with E-state index in [4.69, 9.17) is 0 Å². The fourth-order valence-electron chi connectivity index (χ4n) is 2.43. The lowest BCUT2D eigenvalue weighted by Crippen LogP contribution is -2.45. The summed E-state index contributed by atoms with van der Waals surface area (Å²) in [7, 11) is -1.29. The average molecular weight is 247 g/mol. The van der Waals surface area contributed by atoms with E-state index < -0.39 is 10.2 Å². The van der Waals surface area contributed by atoms with Crippen LogP contribution in [0.3, 0.4) is 0 Å². The number of hydrogen-bond acceptors (Lipinski definition) is 3. The molecule has 0 aromatic carbocycles. The van der Waals surface area contributed by atoms with Gasteiger partial charge in [0.25, 0.3) is 10.2 Å². The molecule has 2 fully saturated rings. The lowest BCUT2D eigenvalue weighted by molar-refractivity contribution is 0.314. The maximum atomic E-state index is 12.3. The first kappa shape index (κ1) is 12.3. The summed E-state index contributed by atoms with van der Waals surface area (Å²) in [6.45, 7) is 2.67. The topological polar surface area (TPSA) is 52.7 Å². The second-order valence-corrected chi connectivity index (χ2v) is 6.53. The highest BCUT2D eigenvalue weighted by Crippen LogP contribution is 2.20. The number of rotatable bonds is 3. The van der Waals surface area contributed by atoms with Crippen LogP contribution in [0, 0.1) is 0 Å². The second kappa shape index (κ2) is 5.00. The molecule has 6 heteroatoms. The van der Waals surface area contributed by atoms with Gasteiger partial charge >= 0.3 is 0 Å². The molecule has 0 aliphatic carbocycles. The van der Waals surface area contributed by atoms with E-state index in [1.165, 1.54) is 0 Å². The Morgan fingerprint density at radius 1 is 1.06 bits per heavy atom. The van der Waals surface area contributed by atoms with Gasteiger partial charge in [-0.2, -0.15) is 17.0 Å². The van der Waals surface area contributed by atoms with Gasteiger partial charge in [0.1, 0.15) is 0 Å². The third kappa shape index (κ3) is 2.40. The molecule has 2 saturated heterocycles. The maximum Gasteiger partial charge on any atom is 0.282 e. The van der Waals surface area contributed by atoms with E-state index >= 15 is 0 Å². The molecule has 0 radical (unpaired) electrons. The molecule has 2 aliphatic rings. The van der Waals surface area contributed by atoms with E-state index in [1.54, 1.807) is 8.61 Å². The molecule has 5 nitrogen and oxygen atoms in total. The predicted octanol–water partition coefficient (Wildman–Crippen LogP) is 0.0108. The standard InChI is InChI=1S/C10H21N3O2S/c1-11-10-5-8-13(9-10)16(14,15)12-6-3-2-4-7-12/h10-11H,2-9H2,1H3. The van der Waals surface area contributed by atoms with Gasteiger partial charge in [0.15, 0.2) is 0 Å². The van der Waals surface area contributed by atoms with Crippen LogP contribution < -0.4 is 5.32 Å². The van der Waals surface area contributed by atoms with Gasteiger partial charge in [0.05, 0.1) is 0 Å². The Kier molecular flexibility index (Phi) is 3.84. The fraction of sp³-hybridized carbons (Fsp3) is 1.00. The van der Waals surface area contributed by atoms with Crippen molar-refractivity contribution in [1.82, 2.24) is 13.9 Å². The van der Waals surface area contributed by atoms with Crippen LogP contribution in [0.15, 0.2) is 0 Å². The predicted molar refractivity (Wildman–Crippen MR) is 63.4 cm³/mol. The largest absolute Gasteiger partial charge is 0.316 e. The van der Waals surface area contributed by atoms with Crippen LogP contribution in [0.25, 0.3) is 0 Å². The number of piperidine rings is 1. The molecule has 2 heterocycles. The number of likely N-dealkylation sites (N-methyl/N-ethyl adjacent to an activating group) is 1. The van der Waals surface area contributed by atoms with Crippen molar-refractivity contribution in [1.29, 1.82) is 0 Å². The summed E-state index contributed by atoms with van der Waals surface area (Å²) in [6.07, 6.45) is 4.08. The van der Waals surface area contributed by atoms with Crippen LogP contribution in [-0.4, -0.2) is 56.3 Å². The van der Waals surface area contributed by atoms with Crippen molar-refractivity contribution >= 4 is 10.2 Å². The summed E-state index contributed by atoms with van der Waals surface area (Å²) >= 11 is 0. The molecule has 0 spiro atoms. The molecular formula is C10H21N3O2S. The maximum absolute atomic E-state index is 12.3. The molecule has 1 unspecified atom stereocenters. The molecule has 2 aliphatic heterocycles. The van der Waals surface area contributed by atoms with Gasteiger partial charge in [0.2, 0.25) is 0 Å². The van der Waals surface area contributed by atoms with Crippen LogP contribution in [0.1, 0.15) is 25.7 Å². The minimum atomic E-state index is -3.18. The van der Waals surface area contributed by atoms with Gasteiger partial charge < -0.3 is 5.32 Å². The number of hydrogen-bond donors (Lipinski definition) is 1. The number of nitrogens with zero attached hydrogens (tertiary/aromatic N) is 2. The summed E-state index contributed by atoms with van der Waals surface area (Å²) in [5.74, 6) is 0. The zero-order valence-electron chi connectivity index (χ0n) is 9.85. The number of nitrogens with one attached hydrogen (secondary N) is 1. The van der Waals surface area contributed by atoms with E-state index in [1.807, 2.05) is 7.05 Å². The van der Waals surface area contributed by atoms with E-state index in [-0.39, 0.29) is 0 Å². The van der Waals surface area contributed by atoms with Crippen molar-refractivity contribution in [2.24, 2.45) is 0 Å². The quantitative estimate of drug-likeness (QED) is 0.764. The molecule has 0 aromatic heterocycles. The highest BCUT2D eigenvalue weighted by molar-refractivity contribution is 7.86. The van der Waals surface area contributed by atoms with Crippen LogP contribution in [-0.2, 0) is 10.2 Å². The Morgan fingerprint density at radius 2 is 1.75 bits per heavy atom. The minimum Gasteiger partial charge on any atom is -0.316 e. The van der Waals surface area contributed by atoms with Gasteiger partial charge in [0, 0.05) is 32.2 Å². The molecule has 0 amide bonds. The third-order valence-electron chi connectivity index (χ3n) is 3.53. The third-order valence-corrected chi connectivity index (χ3v) is 5.53. The monoisotopic (exact) mass is 247 g/mol. The molecule has 1 N–H and O–H groups in total. The highest BCUT2D eigenvalue weighted by Gasteiger charge is 2.35. The molecule has 0 saturated carbocycles. The second-order valence-electron chi connectivity index (χ2n) is 4.60. The minimum absolute atomic E-state index is 0.319.